The van der Waals surface area contributed by atoms with Crippen molar-refractivity contribution in [3.05, 3.63) is 59.7 Å². The zero-order valence-corrected chi connectivity index (χ0v) is 21.1. The number of ether oxygens (including phenoxy) is 2. The van der Waals surface area contributed by atoms with E-state index in [9.17, 15) is 9.59 Å². The molecule has 0 bridgehead atoms. The molecule has 1 atom stereocenters. The van der Waals surface area contributed by atoms with Gasteiger partial charge in [-0.15, -0.1) is 0 Å². The lowest BCUT2D eigenvalue weighted by atomic mass is 9.80. The van der Waals surface area contributed by atoms with Crippen LogP contribution in [0.5, 0.6) is 11.5 Å². The Morgan fingerprint density at radius 3 is 2.06 bits per heavy atom. The third kappa shape index (κ3) is 8.00. The highest BCUT2D eigenvalue weighted by Gasteiger charge is 2.27. The third-order valence-corrected chi connectivity index (χ3v) is 7.12. The summed E-state index contributed by atoms with van der Waals surface area (Å²) in [7, 11) is 0. The van der Waals surface area contributed by atoms with E-state index in [1.54, 1.807) is 24.3 Å². The molecule has 0 radical (unpaired) electrons. The lowest BCUT2D eigenvalue weighted by Gasteiger charge is -2.27. The summed E-state index contributed by atoms with van der Waals surface area (Å²) < 4.78 is 11.1. The minimum atomic E-state index is -0.393. The summed E-state index contributed by atoms with van der Waals surface area (Å²) in [6.45, 7) is 6.64. The lowest BCUT2D eigenvalue weighted by molar-refractivity contribution is -0.140. The van der Waals surface area contributed by atoms with E-state index in [0.717, 1.165) is 44.4 Å². The van der Waals surface area contributed by atoms with Crippen LogP contribution in [0.3, 0.4) is 0 Å². The Bertz CT molecular complexity index is 892. The van der Waals surface area contributed by atoms with Gasteiger partial charge in [0.2, 0.25) is 0 Å². The Balaban J connectivity index is 1.45. The Hall–Kier alpha value is -2.62. The molecule has 1 fully saturated rings. The van der Waals surface area contributed by atoms with Crippen LogP contribution in [0.4, 0.5) is 0 Å². The first kappa shape index (κ1) is 26.0. The van der Waals surface area contributed by atoms with Gasteiger partial charge in [-0.2, -0.15) is 0 Å². The van der Waals surface area contributed by atoms with E-state index < -0.39 is 5.97 Å². The van der Waals surface area contributed by atoms with E-state index in [1.807, 2.05) is 24.3 Å². The molecule has 0 saturated heterocycles. The van der Waals surface area contributed by atoms with E-state index in [-0.39, 0.29) is 11.9 Å². The average Bonchev–Trinajstić information content (AvgIpc) is 2.86. The van der Waals surface area contributed by atoms with E-state index >= 15 is 0 Å². The molecular formula is C30H40O4. The molecule has 3 rings (SSSR count). The maximum absolute atomic E-state index is 12.6. The van der Waals surface area contributed by atoms with Crippen molar-refractivity contribution >= 4 is 11.9 Å². The quantitative estimate of drug-likeness (QED) is 0.193. The molecule has 0 N–H and O–H groups in total. The van der Waals surface area contributed by atoms with Gasteiger partial charge in [-0.05, 0) is 85.9 Å². The van der Waals surface area contributed by atoms with Crippen LogP contribution in [-0.4, -0.2) is 11.9 Å². The number of rotatable bonds is 11. The van der Waals surface area contributed by atoms with Crippen molar-refractivity contribution in [1.82, 2.24) is 0 Å². The van der Waals surface area contributed by atoms with E-state index in [2.05, 4.69) is 20.8 Å². The van der Waals surface area contributed by atoms with Gasteiger partial charge >= 0.3 is 11.9 Å². The normalized spacial score (nSPS) is 18.8. The molecule has 0 heterocycles. The zero-order valence-electron chi connectivity index (χ0n) is 21.1. The van der Waals surface area contributed by atoms with Gasteiger partial charge in [0.25, 0.3) is 0 Å². The first-order valence-electron chi connectivity index (χ1n) is 13.1. The second-order valence-corrected chi connectivity index (χ2v) is 9.91. The number of hydrogen-bond acceptors (Lipinski definition) is 4. The minimum Gasteiger partial charge on any atom is -0.426 e. The van der Waals surface area contributed by atoms with Crippen molar-refractivity contribution in [3.8, 4) is 11.5 Å². The van der Waals surface area contributed by atoms with Crippen molar-refractivity contribution in [2.75, 3.05) is 0 Å². The molecule has 1 aliphatic carbocycles. The van der Waals surface area contributed by atoms with Crippen molar-refractivity contribution in [3.63, 3.8) is 0 Å². The minimum absolute atomic E-state index is 0.0109. The molecule has 0 aromatic heterocycles. The summed E-state index contributed by atoms with van der Waals surface area (Å²) in [4.78, 5) is 25.1. The SMILES string of the molecule is CCCCCC1CCC(C(=O)Oc2ccc(OC(=O)c3ccc(C[C@@H](C)CC)cc3)cc2)CC1. The fourth-order valence-corrected chi connectivity index (χ4v) is 4.63. The maximum atomic E-state index is 12.6. The summed E-state index contributed by atoms with van der Waals surface area (Å²) in [6, 6.07) is 14.3. The molecule has 1 aliphatic rings. The van der Waals surface area contributed by atoms with E-state index in [0.29, 0.717) is 23.0 Å². The highest BCUT2D eigenvalue weighted by Crippen LogP contribution is 2.33. The number of carbonyl (C=O) groups is 2. The second-order valence-electron chi connectivity index (χ2n) is 9.91. The van der Waals surface area contributed by atoms with Crippen molar-refractivity contribution < 1.29 is 19.1 Å². The molecule has 0 unspecified atom stereocenters. The van der Waals surface area contributed by atoms with Crippen LogP contribution >= 0.6 is 0 Å². The largest absolute Gasteiger partial charge is 0.426 e. The molecule has 34 heavy (non-hydrogen) atoms. The van der Waals surface area contributed by atoms with Crippen LogP contribution in [-0.2, 0) is 11.2 Å². The lowest BCUT2D eigenvalue weighted by Crippen LogP contribution is -2.25. The third-order valence-electron chi connectivity index (χ3n) is 7.12. The number of hydrogen-bond donors (Lipinski definition) is 0. The monoisotopic (exact) mass is 464 g/mol. The molecule has 0 aliphatic heterocycles. The van der Waals surface area contributed by atoms with Crippen LogP contribution in [0.2, 0.25) is 0 Å². The van der Waals surface area contributed by atoms with Gasteiger partial charge in [0, 0.05) is 0 Å². The van der Waals surface area contributed by atoms with Gasteiger partial charge < -0.3 is 9.47 Å². The fourth-order valence-electron chi connectivity index (χ4n) is 4.63. The summed E-state index contributed by atoms with van der Waals surface area (Å²) in [5, 5.41) is 0. The van der Waals surface area contributed by atoms with Crippen molar-refractivity contribution in [2.45, 2.75) is 85.0 Å². The topological polar surface area (TPSA) is 52.6 Å². The van der Waals surface area contributed by atoms with Crippen LogP contribution in [0, 0.1) is 17.8 Å². The Morgan fingerprint density at radius 2 is 1.47 bits per heavy atom. The summed E-state index contributed by atoms with van der Waals surface area (Å²) in [6.07, 6.45) is 11.4. The summed E-state index contributed by atoms with van der Waals surface area (Å²) in [5.41, 5.74) is 1.75. The number of unbranched alkanes of at least 4 members (excludes halogenated alkanes) is 2. The molecule has 2 aromatic rings. The van der Waals surface area contributed by atoms with E-state index in [4.69, 9.17) is 9.47 Å². The van der Waals surface area contributed by atoms with Gasteiger partial charge in [-0.1, -0.05) is 65.0 Å². The molecule has 4 nitrogen and oxygen atoms in total. The van der Waals surface area contributed by atoms with Gasteiger partial charge in [-0.25, -0.2) is 4.79 Å². The molecule has 184 valence electrons. The smallest absolute Gasteiger partial charge is 0.343 e. The highest BCUT2D eigenvalue weighted by molar-refractivity contribution is 5.91. The molecule has 0 spiro atoms. The standard InChI is InChI=1S/C30H40O4/c1-4-6-7-8-23-9-13-25(14-10-23)29(31)33-27-17-19-28(20-18-27)34-30(32)26-15-11-24(12-16-26)21-22(3)5-2/h11-12,15-20,22-23,25H,4-10,13-14,21H2,1-3H3/t22-,23?,25?/m0/s1. The van der Waals surface area contributed by atoms with Gasteiger partial charge in [0.05, 0.1) is 11.5 Å². The molecule has 1 saturated carbocycles. The molecule has 0 amide bonds. The van der Waals surface area contributed by atoms with Crippen molar-refractivity contribution in [1.29, 1.82) is 0 Å². The van der Waals surface area contributed by atoms with Gasteiger partial charge in [0.1, 0.15) is 11.5 Å². The summed E-state index contributed by atoms with van der Waals surface area (Å²) >= 11 is 0. The number of carbonyl (C=O) groups excluding carboxylic acids is 2. The van der Waals surface area contributed by atoms with Crippen LogP contribution in [0.1, 0.15) is 94.5 Å². The molecule has 2 aromatic carbocycles. The molecule has 4 heteroatoms. The highest BCUT2D eigenvalue weighted by atomic mass is 16.5. The average molecular weight is 465 g/mol. The number of esters is 2. The zero-order chi connectivity index (χ0) is 24.3. The van der Waals surface area contributed by atoms with Crippen molar-refractivity contribution in [2.24, 2.45) is 17.8 Å². The maximum Gasteiger partial charge on any atom is 0.343 e. The second kappa shape index (κ2) is 13.3. The van der Waals surface area contributed by atoms with Crippen LogP contribution in [0.15, 0.2) is 48.5 Å². The molecular weight excluding hydrogens is 424 g/mol. The van der Waals surface area contributed by atoms with E-state index in [1.165, 1.54) is 31.2 Å². The Labute approximate surface area is 205 Å². The Morgan fingerprint density at radius 1 is 0.853 bits per heavy atom. The Kier molecular flexibility index (Phi) is 10.2. The fraction of sp³-hybridized carbons (Fsp3) is 0.533. The van der Waals surface area contributed by atoms with Crippen LogP contribution in [0.25, 0.3) is 0 Å². The van der Waals surface area contributed by atoms with Crippen LogP contribution < -0.4 is 9.47 Å². The van der Waals surface area contributed by atoms with Gasteiger partial charge in [0.15, 0.2) is 0 Å². The predicted molar refractivity (Wildman–Crippen MR) is 136 cm³/mol. The summed E-state index contributed by atoms with van der Waals surface area (Å²) in [5.74, 6) is 1.76. The first-order valence-corrected chi connectivity index (χ1v) is 13.1. The van der Waals surface area contributed by atoms with Gasteiger partial charge in [-0.3, -0.25) is 4.79 Å². The number of benzene rings is 2. The first-order chi connectivity index (χ1) is 16.5. The predicted octanol–water partition coefficient (Wildman–Crippen LogP) is 7.79.